The van der Waals surface area contributed by atoms with E-state index in [0.29, 0.717) is 6.04 Å². The lowest BCUT2D eigenvalue weighted by Crippen LogP contribution is -2.34. The Morgan fingerprint density at radius 1 is 1.15 bits per heavy atom. The summed E-state index contributed by atoms with van der Waals surface area (Å²) in [5.41, 5.74) is 1.13. The Morgan fingerprint density at radius 2 is 1.70 bits per heavy atom. The van der Waals surface area contributed by atoms with Crippen molar-refractivity contribution in [1.82, 2.24) is 5.32 Å². The molecule has 0 aliphatic heterocycles. The highest BCUT2D eigenvalue weighted by Crippen LogP contribution is 2.41. The third kappa shape index (κ3) is 4.14. The Bertz CT molecular complexity index is 393. The van der Waals surface area contributed by atoms with Crippen LogP contribution in [0.2, 0.25) is 0 Å². The maximum atomic E-state index is 5.54. The fraction of sp³-hybridized carbons (Fsp3) is 0.647. The summed E-state index contributed by atoms with van der Waals surface area (Å²) in [6, 6.07) is 6.43. The zero-order valence-electron chi connectivity index (χ0n) is 13.7. The van der Waals surface area contributed by atoms with Gasteiger partial charge in [0.15, 0.2) is 0 Å². The van der Waals surface area contributed by atoms with Crippen LogP contribution in [-0.2, 0) is 5.41 Å². The summed E-state index contributed by atoms with van der Waals surface area (Å²) in [7, 11) is 3.43. The van der Waals surface area contributed by atoms with Crippen molar-refractivity contribution in [3.05, 3.63) is 23.8 Å². The summed E-state index contributed by atoms with van der Waals surface area (Å²) in [4.78, 5) is 0. The fourth-order valence-electron chi connectivity index (χ4n) is 2.85. The van der Waals surface area contributed by atoms with Crippen LogP contribution in [0.1, 0.15) is 46.1 Å². The van der Waals surface area contributed by atoms with E-state index in [0.717, 1.165) is 36.4 Å². The number of hydrogen-bond acceptors (Lipinski definition) is 3. The summed E-state index contributed by atoms with van der Waals surface area (Å²) >= 11 is 0. The van der Waals surface area contributed by atoms with Gasteiger partial charge in [0, 0.05) is 11.6 Å². The molecule has 114 valence electrons. The first-order valence-corrected chi connectivity index (χ1v) is 7.41. The van der Waals surface area contributed by atoms with Crippen LogP contribution in [0, 0.1) is 0 Å². The van der Waals surface area contributed by atoms with Crippen LogP contribution < -0.4 is 14.8 Å². The molecule has 0 bridgehead atoms. The van der Waals surface area contributed by atoms with E-state index in [4.69, 9.17) is 9.47 Å². The van der Waals surface area contributed by atoms with Crippen LogP contribution in [0.15, 0.2) is 18.2 Å². The molecule has 0 aromatic heterocycles. The molecule has 0 aliphatic rings. The number of ether oxygens (including phenoxy) is 2. The van der Waals surface area contributed by atoms with Gasteiger partial charge in [-0.25, -0.2) is 0 Å². The fourth-order valence-corrected chi connectivity index (χ4v) is 2.85. The van der Waals surface area contributed by atoms with E-state index in [1.807, 2.05) is 18.2 Å². The molecule has 0 spiro atoms. The van der Waals surface area contributed by atoms with E-state index < -0.39 is 0 Å². The molecule has 0 radical (unpaired) electrons. The third-order valence-corrected chi connectivity index (χ3v) is 3.66. The molecule has 1 atom stereocenters. The average molecular weight is 279 g/mol. The molecule has 1 aromatic carbocycles. The summed E-state index contributed by atoms with van der Waals surface area (Å²) in [5.74, 6) is 1.80. The van der Waals surface area contributed by atoms with Gasteiger partial charge < -0.3 is 14.8 Å². The maximum Gasteiger partial charge on any atom is 0.126 e. The molecule has 1 rings (SSSR count). The van der Waals surface area contributed by atoms with Gasteiger partial charge in [0.25, 0.3) is 0 Å². The van der Waals surface area contributed by atoms with Gasteiger partial charge in [-0.1, -0.05) is 26.8 Å². The van der Waals surface area contributed by atoms with E-state index in [-0.39, 0.29) is 5.41 Å². The van der Waals surface area contributed by atoms with Gasteiger partial charge in [-0.2, -0.15) is 0 Å². The zero-order valence-corrected chi connectivity index (χ0v) is 13.7. The first-order valence-electron chi connectivity index (χ1n) is 7.41. The van der Waals surface area contributed by atoms with Crippen LogP contribution in [0.25, 0.3) is 0 Å². The average Bonchev–Trinajstić information content (AvgIpc) is 2.43. The van der Waals surface area contributed by atoms with E-state index in [1.54, 1.807) is 14.2 Å². The maximum absolute atomic E-state index is 5.54. The molecule has 0 amide bonds. The molecule has 3 heteroatoms. The molecule has 1 aromatic rings. The van der Waals surface area contributed by atoms with E-state index in [2.05, 4.69) is 33.0 Å². The second-order valence-electron chi connectivity index (χ2n) is 5.98. The van der Waals surface area contributed by atoms with Crippen LogP contribution in [-0.4, -0.2) is 26.8 Å². The molecule has 0 heterocycles. The van der Waals surface area contributed by atoms with Crippen molar-refractivity contribution in [3.8, 4) is 11.5 Å². The van der Waals surface area contributed by atoms with E-state index in [9.17, 15) is 0 Å². The van der Waals surface area contributed by atoms with Crippen molar-refractivity contribution in [2.75, 3.05) is 20.8 Å². The van der Waals surface area contributed by atoms with Crippen LogP contribution >= 0.6 is 0 Å². The van der Waals surface area contributed by atoms with Gasteiger partial charge in [-0.15, -0.1) is 0 Å². The van der Waals surface area contributed by atoms with Gasteiger partial charge in [0.1, 0.15) is 11.5 Å². The quantitative estimate of drug-likeness (QED) is 0.786. The third-order valence-electron chi connectivity index (χ3n) is 3.66. The Kier molecular flexibility index (Phi) is 6.34. The van der Waals surface area contributed by atoms with Crippen molar-refractivity contribution >= 4 is 0 Å². The SMILES string of the molecule is CCCNC(C)CC(C)(C)c1c(OC)cccc1OC. The predicted octanol–water partition coefficient (Wildman–Crippen LogP) is 3.76. The minimum Gasteiger partial charge on any atom is -0.496 e. The number of rotatable bonds is 8. The molecular formula is C17H29NO2. The molecule has 0 aliphatic carbocycles. The summed E-state index contributed by atoms with van der Waals surface area (Å²) in [5, 5.41) is 3.55. The van der Waals surface area contributed by atoms with Gasteiger partial charge in [-0.05, 0) is 43.9 Å². The predicted molar refractivity (Wildman–Crippen MR) is 84.9 cm³/mol. The molecule has 0 saturated carbocycles. The smallest absolute Gasteiger partial charge is 0.126 e. The topological polar surface area (TPSA) is 30.5 Å². The molecular weight excluding hydrogens is 250 g/mol. The van der Waals surface area contributed by atoms with Gasteiger partial charge in [0.05, 0.1) is 14.2 Å². The van der Waals surface area contributed by atoms with Gasteiger partial charge in [-0.3, -0.25) is 0 Å². The van der Waals surface area contributed by atoms with Crippen molar-refractivity contribution in [3.63, 3.8) is 0 Å². The van der Waals surface area contributed by atoms with Crippen molar-refractivity contribution < 1.29 is 9.47 Å². The van der Waals surface area contributed by atoms with Crippen molar-refractivity contribution in [2.45, 2.75) is 52.0 Å². The largest absolute Gasteiger partial charge is 0.496 e. The molecule has 1 N–H and O–H groups in total. The minimum absolute atomic E-state index is 0.0158. The standard InChI is InChI=1S/C17H29NO2/c1-7-11-18-13(2)12-17(3,4)16-14(19-5)9-8-10-15(16)20-6/h8-10,13,18H,7,11-12H2,1-6H3. The van der Waals surface area contributed by atoms with Crippen LogP contribution in [0.5, 0.6) is 11.5 Å². The van der Waals surface area contributed by atoms with Crippen molar-refractivity contribution in [2.24, 2.45) is 0 Å². The van der Waals surface area contributed by atoms with Gasteiger partial charge >= 0.3 is 0 Å². The molecule has 0 saturated heterocycles. The summed E-state index contributed by atoms with van der Waals surface area (Å²) in [6.45, 7) is 9.97. The highest BCUT2D eigenvalue weighted by Gasteiger charge is 2.29. The summed E-state index contributed by atoms with van der Waals surface area (Å²) < 4.78 is 11.1. The number of benzene rings is 1. The zero-order chi connectivity index (χ0) is 15.2. The normalized spacial score (nSPS) is 13.1. The van der Waals surface area contributed by atoms with Crippen LogP contribution in [0.4, 0.5) is 0 Å². The lowest BCUT2D eigenvalue weighted by molar-refractivity contribution is 0.335. The Morgan fingerprint density at radius 3 is 2.15 bits per heavy atom. The lowest BCUT2D eigenvalue weighted by Gasteiger charge is -2.31. The number of hydrogen-bond donors (Lipinski definition) is 1. The number of methoxy groups -OCH3 is 2. The van der Waals surface area contributed by atoms with Crippen LogP contribution in [0.3, 0.4) is 0 Å². The minimum atomic E-state index is -0.0158. The number of nitrogens with one attached hydrogen (secondary N) is 1. The molecule has 1 unspecified atom stereocenters. The van der Waals surface area contributed by atoms with E-state index in [1.165, 1.54) is 0 Å². The van der Waals surface area contributed by atoms with E-state index >= 15 is 0 Å². The highest BCUT2D eigenvalue weighted by atomic mass is 16.5. The first-order chi connectivity index (χ1) is 9.46. The Hall–Kier alpha value is -1.22. The summed E-state index contributed by atoms with van der Waals surface area (Å²) in [6.07, 6.45) is 2.19. The second kappa shape index (κ2) is 7.53. The molecule has 3 nitrogen and oxygen atoms in total. The molecule has 0 fully saturated rings. The van der Waals surface area contributed by atoms with Gasteiger partial charge in [0.2, 0.25) is 0 Å². The lowest BCUT2D eigenvalue weighted by atomic mass is 9.78. The molecule has 20 heavy (non-hydrogen) atoms. The Balaban J connectivity index is 3.01. The monoisotopic (exact) mass is 279 g/mol. The Labute approximate surface area is 123 Å². The highest BCUT2D eigenvalue weighted by molar-refractivity contribution is 5.49. The first kappa shape index (κ1) is 16.8. The van der Waals surface area contributed by atoms with Crippen molar-refractivity contribution in [1.29, 1.82) is 0 Å². The second-order valence-corrected chi connectivity index (χ2v) is 5.98.